The van der Waals surface area contributed by atoms with Gasteiger partial charge in [-0.2, -0.15) is 0 Å². The number of nitrogens with one attached hydrogen (secondary N) is 1. The number of thiazole rings is 1. The minimum atomic E-state index is -0.238. The number of hydrogen-bond donors (Lipinski definition) is 1. The van der Waals surface area contributed by atoms with E-state index in [0.29, 0.717) is 13.2 Å². The second-order valence-corrected chi connectivity index (χ2v) is 5.71. The molecule has 98 valence electrons. The molecule has 2 rings (SSSR count). The molecule has 0 bridgehead atoms. The van der Waals surface area contributed by atoms with E-state index in [1.54, 1.807) is 6.07 Å². The molecule has 3 nitrogen and oxygen atoms in total. The monoisotopic (exact) mass is 268 g/mol. The van der Waals surface area contributed by atoms with Gasteiger partial charge in [-0.25, -0.2) is 9.37 Å². The molecule has 0 saturated heterocycles. The van der Waals surface area contributed by atoms with Gasteiger partial charge in [-0.3, -0.25) is 0 Å². The van der Waals surface area contributed by atoms with Gasteiger partial charge < -0.3 is 10.1 Å². The molecule has 0 unspecified atom stereocenters. The molecule has 5 heteroatoms. The van der Waals surface area contributed by atoms with E-state index in [1.807, 2.05) is 20.8 Å². The lowest BCUT2D eigenvalue weighted by Gasteiger charge is -2.24. The van der Waals surface area contributed by atoms with Crippen LogP contribution in [0.3, 0.4) is 0 Å². The van der Waals surface area contributed by atoms with Crippen molar-refractivity contribution in [3.05, 3.63) is 24.0 Å². The Hall–Kier alpha value is -1.20. The first-order chi connectivity index (χ1) is 8.50. The first-order valence-corrected chi connectivity index (χ1v) is 6.76. The molecule has 1 aromatic heterocycles. The van der Waals surface area contributed by atoms with Crippen LogP contribution in [0.4, 0.5) is 9.52 Å². The Morgan fingerprint density at radius 2 is 2.22 bits per heavy atom. The molecule has 2 aromatic rings. The number of rotatable bonds is 5. The summed E-state index contributed by atoms with van der Waals surface area (Å²) in [6.07, 6.45) is 0. The Labute approximate surface area is 110 Å². The highest BCUT2D eigenvalue weighted by Gasteiger charge is 2.17. The summed E-state index contributed by atoms with van der Waals surface area (Å²) < 4.78 is 19.5. The van der Waals surface area contributed by atoms with E-state index in [0.717, 1.165) is 15.3 Å². The number of ether oxygens (including phenoxy) is 1. The fourth-order valence-electron chi connectivity index (χ4n) is 1.70. The van der Waals surface area contributed by atoms with E-state index >= 15 is 0 Å². The molecule has 0 amide bonds. The van der Waals surface area contributed by atoms with E-state index in [2.05, 4.69) is 10.3 Å². The zero-order valence-electron chi connectivity index (χ0n) is 10.8. The average Bonchev–Trinajstić information content (AvgIpc) is 2.68. The van der Waals surface area contributed by atoms with Crippen LogP contribution < -0.4 is 5.32 Å². The lowest BCUT2D eigenvalue weighted by atomic mass is 10.1. The van der Waals surface area contributed by atoms with Gasteiger partial charge >= 0.3 is 0 Å². The normalized spacial score (nSPS) is 12.0. The molecule has 1 aromatic carbocycles. The fraction of sp³-hybridized carbons (Fsp3) is 0.462. The Balaban J connectivity index is 2.08. The summed E-state index contributed by atoms with van der Waals surface area (Å²) >= 11 is 1.45. The van der Waals surface area contributed by atoms with Crippen LogP contribution in [0.25, 0.3) is 10.2 Å². The lowest BCUT2D eigenvalue weighted by Crippen LogP contribution is -2.33. The first-order valence-electron chi connectivity index (χ1n) is 5.94. The number of nitrogens with zero attached hydrogens (tertiary/aromatic N) is 1. The summed E-state index contributed by atoms with van der Waals surface area (Å²) in [7, 11) is 0. The van der Waals surface area contributed by atoms with Crippen molar-refractivity contribution < 1.29 is 9.13 Å². The third kappa shape index (κ3) is 3.17. The number of anilines is 1. The van der Waals surface area contributed by atoms with Crippen LogP contribution >= 0.6 is 11.3 Å². The van der Waals surface area contributed by atoms with Gasteiger partial charge in [0.15, 0.2) is 5.13 Å². The highest BCUT2D eigenvalue weighted by Crippen LogP contribution is 2.26. The Morgan fingerprint density at radius 1 is 1.44 bits per heavy atom. The molecule has 0 spiro atoms. The quantitative estimate of drug-likeness (QED) is 0.898. The maximum absolute atomic E-state index is 13.1. The average molecular weight is 268 g/mol. The maximum atomic E-state index is 13.1. The van der Waals surface area contributed by atoms with Gasteiger partial charge in [0.25, 0.3) is 0 Å². The van der Waals surface area contributed by atoms with Gasteiger partial charge in [0.1, 0.15) is 5.82 Å². The summed E-state index contributed by atoms with van der Waals surface area (Å²) in [5, 5.41) is 4.03. The Morgan fingerprint density at radius 3 is 2.94 bits per heavy atom. The molecule has 0 radical (unpaired) electrons. The van der Waals surface area contributed by atoms with Gasteiger partial charge in [-0.05, 0) is 39.0 Å². The number of fused-ring (bicyclic) bond motifs is 1. The molecular weight excluding hydrogens is 251 g/mol. The SMILES string of the molecule is CCOC(C)(C)CNc1nc2ccc(F)cc2s1. The second kappa shape index (κ2) is 5.20. The molecule has 18 heavy (non-hydrogen) atoms. The first kappa shape index (κ1) is 13.2. The Kier molecular flexibility index (Phi) is 3.82. The predicted octanol–water partition coefficient (Wildman–Crippen LogP) is 3.66. The smallest absolute Gasteiger partial charge is 0.183 e. The van der Waals surface area contributed by atoms with E-state index < -0.39 is 0 Å². The van der Waals surface area contributed by atoms with E-state index in [4.69, 9.17) is 4.74 Å². The van der Waals surface area contributed by atoms with Gasteiger partial charge in [-0.15, -0.1) is 0 Å². The van der Waals surface area contributed by atoms with Crippen molar-refractivity contribution in [3.8, 4) is 0 Å². The summed E-state index contributed by atoms with van der Waals surface area (Å²) in [5.41, 5.74) is 0.579. The van der Waals surface area contributed by atoms with Crippen LogP contribution in [-0.2, 0) is 4.74 Å². The third-order valence-corrected chi connectivity index (χ3v) is 3.53. The standard InChI is InChI=1S/C13H17FN2OS/c1-4-17-13(2,3)8-15-12-16-10-6-5-9(14)7-11(10)18-12/h5-7H,4,8H2,1-3H3,(H,15,16). The molecule has 0 aliphatic heterocycles. The van der Waals surface area contributed by atoms with Crippen molar-refractivity contribution >= 4 is 26.7 Å². The molecular formula is C13H17FN2OS. The van der Waals surface area contributed by atoms with Crippen LogP contribution in [0, 0.1) is 5.82 Å². The molecule has 0 aliphatic carbocycles. The van der Waals surface area contributed by atoms with Crippen molar-refractivity contribution in [1.29, 1.82) is 0 Å². The van der Waals surface area contributed by atoms with Crippen LogP contribution in [0.15, 0.2) is 18.2 Å². The minimum absolute atomic E-state index is 0.229. The van der Waals surface area contributed by atoms with Gasteiger partial charge in [0.2, 0.25) is 0 Å². The molecule has 0 saturated carbocycles. The van der Waals surface area contributed by atoms with E-state index in [1.165, 1.54) is 23.5 Å². The molecule has 0 fully saturated rings. The summed E-state index contributed by atoms with van der Waals surface area (Å²) in [6.45, 7) is 7.37. The number of hydrogen-bond acceptors (Lipinski definition) is 4. The largest absolute Gasteiger partial charge is 0.374 e. The van der Waals surface area contributed by atoms with Crippen molar-refractivity contribution in [3.63, 3.8) is 0 Å². The Bertz CT molecular complexity index is 539. The maximum Gasteiger partial charge on any atom is 0.183 e. The molecule has 0 atom stereocenters. The van der Waals surface area contributed by atoms with Crippen molar-refractivity contribution in [1.82, 2.24) is 4.98 Å². The lowest BCUT2D eigenvalue weighted by molar-refractivity contribution is 0.000698. The summed E-state index contributed by atoms with van der Waals surface area (Å²) in [6, 6.07) is 4.63. The third-order valence-electron chi connectivity index (χ3n) is 2.55. The zero-order valence-corrected chi connectivity index (χ0v) is 11.6. The van der Waals surface area contributed by atoms with Crippen molar-refractivity contribution in [2.45, 2.75) is 26.4 Å². The van der Waals surface area contributed by atoms with Crippen LogP contribution in [0.5, 0.6) is 0 Å². The van der Waals surface area contributed by atoms with Gasteiger partial charge in [0, 0.05) is 13.2 Å². The van der Waals surface area contributed by atoms with Crippen LogP contribution in [0.2, 0.25) is 0 Å². The van der Waals surface area contributed by atoms with E-state index in [9.17, 15) is 4.39 Å². The molecule has 1 N–H and O–H groups in total. The highest BCUT2D eigenvalue weighted by atomic mass is 32.1. The molecule has 0 aliphatic rings. The highest BCUT2D eigenvalue weighted by molar-refractivity contribution is 7.22. The summed E-state index contributed by atoms with van der Waals surface area (Å²) in [5.74, 6) is -0.229. The van der Waals surface area contributed by atoms with Crippen LogP contribution in [0.1, 0.15) is 20.8 Å². The van der Waals surface area contributed by atoms with Crippen molar-refractivity contribution in [2.75, 3.05) is 18.5 Å². The molecule has 1 heterocycles. The fourth-order valence-corrected chi connectivity index (χ4v) is 2.59. The number of aromatic nitrogens is 1. The zero-order chi connectivity index (χ0) is 13.2. The number of halogens is 1. The summed E-state index contributed by atoms with van der Waals surface area (Å²) in [4.78, 5) is 4.40. The van der Waals surface area contributed by atoms with Gasteiger partial charge in [0.05, 0.1) is 15.8 Å². The van der Waals surface area contributed by atoms with Gasteiger partial charge in [-0.1, -0.05) is 11.3 Å². The topological polar surface area (TPSA) is 34.1 Å². The minimum Gasteiger partial charge on any atom is -0.374 e. The van der Waals surface area contributed by atoms with E-state index in [-0.39, 0.29) is 11.4 Å². The van der Waals surface area contributed by atoms with Crippen LogP contribution in [-0.4, -0.2) is 23.7 Å². The predicted molar refractivity (Wildman–Crippen MR) is 73.8 cm³/mol. The second-order valence-electron chi connectivity index (χ2n) is 4.68. The van der Waals surface area contributed by atoms with Crippen molar-refractivity contribution in [2.24, 2.45) is 0 Å². The number of benzene rings is 1.